The highest BCUT2D eigenvalue weighted by atomic mass is 19.4. The molecule has 0 aliphatic carbocycles. The van der Waals surface area contributed by atoms with Crippen LogP contribution in [0, 0.1) is 5.82 Å². The van der Waals surface area contributed by atoms with Crippen LogP contribution in [0.2, 0.25) is 0 Å². The molecule has 3 nitrogen and oxygen atoms in total. The van der Waals surface area contributed by atoms with Gasteiger partial charge in [-0.25, -0.2) is 9.37 Å². The molecule has 0 aromatic carbocycles. The van der Waals surface area contributed by atoms with E-state index in [4.69, 9.17) is 5.73 Å². The third-order valence-corrected chi connectivity index (χ3v) is 2.37. The van der Waals surface area contributed by atoms with E-state index >= 15 is 0 Å². The molecule has 0 amide bonds. The minimum Gasteiger partial charge on any atom is -0.345 e. The number of halogens is 4. The monoisotopic (exact) mass is 265 g/mol. The lowest BCUT2D eigenvalue weighted by Crippen LogP contribution is -2.40. The lowest BCUT2D eigenvalue weighted by atomic mass is 10.2. The second-order valence-electron chi connectivity index (χ2n) is 4.18. The fourth-order valence-electron chi connectivity index (χ4n) is 1.58. The third-order valence-electron chi connectivity index (χ3n) is 2.37. The van der Waals surface area contributed by atoms with Gasteiger partial charge in [0.1, 0.15) is 18.2 Å². The molecule has 2 N–H and O–H groups in total. The van der Waals surface area contributed by atoms with Gasteiger partial charge in [-0.05, 0) is 19.9 Å². The highest BCUT2D eigenvalue weighted by molar-refractivity contribution is 5.47. The number of aromatic nitrogens is 1. The fraction of sp³-hybridized carbons (Fsp3) is 0.545. The third kappa shape index (κ3) is 3.83. The molecular weight excluding hydrogens is 250 g/mol. The van der Waals surface area contributed by atoms with Gasteiger partial charge >= 0.3 is 6.18 Å². The van der Waals surface area contributed by atoms with Crippen LogP contribution < -0.4 is 10.6 Å². The van der Waals surface area contributed by atoms with Gasteiger partial charge in [0.25, 0.3) is 0 Å². The molecule has 0 spiro atoms. The maximum atomic E-state index is 13.0. The van der Waals surface area contributed by atoms with Gasteiger partial charge in [-0.1, -0.05) is 0 Å². The van der Waals surface area contributed by atoms with Crippen molar-refractivity contribution in [2.24, 2.45) is 5.73 Å². The SMILES string of the molecule is CC(C)N(CC(F)(F)F)c1ncc(F)cc1CN. The van der Waals surface area contributed by atoms with Crippen molar-refractivity contribution in [3.8, 4) is 0 Å². The maximum Gasteiger partial charge on any atom is 0.405 e. The predicted octanol–water partition coefficient (Wildman–Crippen LogP) is 2.46. The summed E-state index contributed by atoms with van der Waals surface area (Å²) < 4.78 is 50.5. The Morgan fingerprint density at radius 1 is 1.39 bits per heavy atom. The van der Waals surface area contributed by atoms with Gasteiger partial charge in [-0.15, -0.1) is 0 Å². The second-order valence-corrected chi connectivity index (χ2v) is 4.18. The molecule has 1 heterocycles. The van der Waals surface area contributed by atoms with E-state index in [1.54, 1.807) is 13.8 Å². The quantitative estimate of drug-likeness (QED) is 0.850. The van der Waals surface area contributed by atoms with Gasteiger partial charge in [0.15, 0.2) is 0 Å². The van der Waals surface area contributed by atoms with Crippen molar-refractivity contribution in [3.63, 3.8) is 0 Å². The molecule has 0 aliphatic rings. The standard InChI is InChI=1S/C11H15F4N3/c1-7(2)18(6-11(13,14)15)10-8(4-16)3-9(12)5-17-10/h3,5,7H,4,6,16H2,1-2H3. The molecule has 0 fully saturated rings. The highest BCUT2D eigenvalue weighted by Gasteiger charge is 2.33. The van der Waals surface area contributed by atoms with E-state index in [0.717, 1.165) is 17.2 Å². The number of hydrogen-bond acceptors (Lipinski definition) is 3. The van der Waals surface area contributed by atoms with Crippen LogP contribution in [0.3, 0.4) is 0 Å². The minimum absolute atomic E-state index is 0.0683. The number of rotatable bonds is 4. The summed E-state index contributed by atoms with van der Waals surface area (Å²) in [5, 5.41) is 0. The van der Waals surface area contributed by atoms with Crippen LogP contribution in [-0.4, -0.2) is 23.7 Å². The Labute approximate surface area is 103 Å². The zero-order valence-electron chi connectivity index (χ0n) is 10.1. The van der Waals surface area contributed by atoms with Crippen molar-refractivity contribution in [2.45, 2.75) is 32.6 Å². The molecule has 1 rings (SSSR count). The molecule has 18 heavy (non-hydrogen) atoms. The summed E-state index contributed by atoms with van der Waals surface area (Å²) in [6.07, 6.45) is -3.47. The molecule has 0 unspecified atom stereocenters. The number of alkyl halides is 3. The Morgan fingerprint density at radius 3 is 2.44 bits per heavy atom. The molecule has 1 aromatic heterocycles. The average Bonchev–Trinajstić information content (AvgIpc) is 2.24. The number of hydrogen-bond donors (Lipinski definition) is 1. The Kier molecular flexibility index (Phi) is 4.50. The Hall–Kier alpha value is -1.37. The Morgan fingerprint density at radius 2 is 2.00 bits per heavy atom. The van der Waals surface area contributed by atoms with Crippen LogP contribution in [0.5, 0.6) is 0 Å². The minimum atomic E-state index is -4.35. The van der Waals surface area contributed by atoms with Crippen LogP contribution in [-0.2, 0) is 6.54 Å². The lowest BCUT2D eigenvalue weighted by Gasteiger charge is -2.30. The number of anilines is 1. The van der Waals surface area contributed by atoms with Crippen LogP contribution in [0.1, 0.15) is 19.4 Å². The van der Waals surface area contributed by atoms with Crippen molar-refractivity contribution in [2.75, 3.05) is 11.4 Å². The van der Waals surface area contributed by atoms with E-state index in [0.29, 0.717) is 0 Å². The number of nitrogens with two attached hydrogens (primary N) is 1. The summed E-state index contributed by atoms with van der Waals surface area (Å²) in [6.45, 7) is 2.01. The highest BCUT2D eigenvalue weighted by Crippen LogP contribution is 2.25. The van der Waals surface area contributed by atoms with Gasteiger partial charge in [0.05, 0.1) is 6.20 Å². The summed E-state index contributed by atoms with van der Waals surface area (Å²) in [6, 6.07) is 0.684. The van der Waals surface area contributed by atoms with Crippen LogP contribution in [0.15, 0.2) is 12.3 Å². The molecule has 102 valence electrons. The summed E-state index contributed by atoms with van der Waals surface area (Å²) in [7, 11) is 0. The van der Waals surface area contributed by atoms with Gasteiger partial charge in [-0.2, -0.15) is 13.2 Å². The molecule has 0 aliphatic heterocycles. The number of pyridine rings is 1. The molecule has 0 saturated carbocycles. The van der Waals surface area contributed by atoms with E-state index < -0.39 is 24.6 Å². The molecule has 0 bridgehead atoms. The summed E-state index contributed by atoms with van der Waals surface area (Å²) >= 11 is 0. The topological polar surface area (TPSA) is 42.2 Å². The number of nitrogens with zero attached hydrogens (tertiary/aromatic N) is 2. The zero-order valence-corrected chi connectivity index (χ0v) is 10.1. The van der Waals surface area contributed by atoms with E-state index in [-0.39, 0.29) is 17.9 Å². The fourth-order valence-corrected chi connectivity index (χ4v) is 1.58. The second kappa shape index (κ2) is 5.51. The molecule has 7 heteroatoms. The summed E-state index contributed by atoms with van der Waals surface area (Å²) in [4.78, 5) is 4.78. The Balaban J connectivity index is 3.13. The summed E-state index contributed by atoms with van der Waals surface area (Å²) in [5.74, 6) is -0.541. The van der Waals surface area contributed by atoms with Crippen molar-refractivity contribution >= 4 is 5.82 Å². The first-order valence-corrected chi connectivity index (χ1v) is 5.42. The normalized spacial score (nSPS) is 12.0. The predicted molar refractivity (Wildman–Crippen MR) is 60.6 cm³/mol. The van der Waals surface area contributed by atoms with Crippen molar-refractivity contribution in [1.29, 1.82) is 0 Å². The van der Waals surface area contributed by atoms with Crippen LogP contribution in [0.4, 0.5) is 23.4 Å². The molecule has 1 aromatic rings. The molecule has 0 saturated heterocycles. The van der Waals surface area contributed by atoms with E-state index in [9.17, 15) is 17.6 Å². The lowest BCUT2D eigenvalue weighted by molar-refractivity contribution is -0.120. The zero-order chi connectivity index (χ0) is 13.9. The van der Waals surface area contributed by atoms with E-state index in [2.05, 4.69) is 4.98 Å². The van der Waals surface area contributed by atoms with Crippen molar-refractivity contribution in [1.82, 2.24) is 4.98 Å². The van der Waals surface area contributed by atoms with Crippen molar-refractivity contribution in [3.05, 3.63) is 23.6 Å². The van der Waals surface area contributed by atoms with Crippen molar-refractivity contribution < 1.29 is 17.6 Å². The molecular formula is C11H15F4N3. The van der Waals surface area contributed by atoms with Crippen LogP contribution in [0.25, 0.3) is 0 Å². The average molecular weight is 265 g/mol. The largest absolute Gasteiger partial charge is 0.405 e. The first-order chi connectivity index (χ1) is 8.24. The van der Waals surface area contributed by atoms with Gasteiger partial charge in [0, 0.05) is 18.2 Å². The van der Waals surface area contributed by atoms with E-state index in [1.807, 2.05) is 0 Å². The maximum absolute atomic E-state index is 13.0. The van der Waals surface area contributed by atoms with Gasteiger partial charge < -0.3 is 10.6 Å². The van der Waals surface area contributed by atoms with Gasteiger partial charge in [-0.3, -0.25) is 0 Å². The van der Waals surface area contributed by atoms with E-state index in [1.165, 1.54) is 0 Å². The van der Waals surface area contributed by atoms with Gasteiger partial charge in [0.2, 0.25) is 0 Å². The molecule has 0 radical (unpaired) electrons. The smallest absolute Gasteiger partial charge is 0.345 e. The van der Waals surface area contributed by atoms with Crippen LogP contribution >= 0.6 is 0 Å². The Bertz CT molecular complexity index is 404. The summed E-state index contributed by atoms with van der Waals surface area (Å²) in [5.41, 5.74) is 5.66. The first kappa shape index (κ1) is 14.7. The first-order valence-electron chi connectivity index (χ1n) is 5.42. The molecule has 0 atom stereocenters.